The molecule has 3 aliphatic rings. The van der Waals surface area contributed by atoms with E-state index in [0.717, 1.165) is 47.2 Å². The molecule has 1 atom stereocenters. The Kier molecular flexibility index (Phi) is 7.05. The third-order valence-electron chi connectivity index (χ3n) is 12.1. The van der Waals surface area contributed by atoms with Crippen LogP contribution in [0.1, 0.15) is 29.3 Å². The number of aryl methyl sites for hydroxylation is 1. The highest BCUT2D eigenvalue weighted by molar-refractivity contribution is 7.24. The summed E-state index contributed by atoms with van der Waals surface area (Å²) in [5.41, 5.74) is 15.0. The van der Waals surface area contributed by atoms with Crippen LogP contribution in [0.25, 0.3) is 92.1 Å². The molecule has 264 valence electrons. The molecule has 1 aromatic heterocycles. The van der Waals surface area contributed by atoms with E-state index >= 15 is 0 Å². The van der Waals surface area contributed by atoms with E-state index in [1.54, 1.807) is 0 Å². The molecule has 3 heterocycles. The van der Waals surface area contributed by atoms with Gasteiger partial charge in [-0.1, -0.05) is 133 Å². The average Bonchev–Trinajstić information content (AvgIpc) is 3.26. The van der Waals surface area contributed by atoms with Gasteiger partial charge in [0.05, 0.1) is 37.3 Å². The Labute approximate surface area is 328 Å². The summed E-state index contributed by atoms with van der Waals surface area (Å²) in [6.07, 6.45) is 2.82. The molecule has 2 aliphatic heterocycles. The summed E-state index contributed by atoms with van der Waals surface area (Å²) in [6.45, 7) is 0. The minimum atomic E-state index is 0.374. The maximum atomic E-state index is 5.18. The number of hydrogen-bond acceptors (Lipinski definition) is 3. The van der Waals surface area contributed by atoms with Gasteiger partial charge in [-0.05, 0) is 99.3 Å². The largest absolute Gasteiger partial charge is 0.306 e. The molecule has 8 aromatic carbocycles. The molecular weight excluding hydrogens is 699 g/mol. The van der Waals surface area contributed by atoms with Crippen LogP contribution in [0.3, 0.4) is 0 Å². The van der Waals surface area contributed by atoms with Crippen LogP contribution in [0, 0.1) is 0 Å². The van der Waals surface area contributed by atoms with E-state index in [1.807, 2.05) is 11.3 Å². The monoisotopic (exact) mass is 733 g/mol. The van der Waals surface area contributed by atoms with Crippen molar-refractivity contribution < 1.29 is 0 Å². The summed E-state index contributed by atoms with van der Waals surface area (Å²) in [5, 5.41) is 6.33. The van der Waals surface area contributed by atoms with Crippen molar-refractivity contribution >= 4 is 64.2 Å². The molecule has 0 amide bonds. The highest BCUT2D eigenvalue weighted by atomic mass is 32.1. The topological polar surface area (TPSA) is 30.7 Å². The van der Waals surface area contributed by atoms with Gasteiger partial charge in [0.25, 0.3) is 0 Å². The summed E-state index contributed by atoms with van der Waals surface area (Å²) >= 11 is 1.89. The highest BCUT2D eigenvalue weighted by Crippen LogP contribution is 2.46. The number of nitrogens with zero attached hydrogens (tertiary/aromatic N) is 3. The molecule has 9 aromatic rings. The lowest BCUT2D eigenvalue weighted by Crippen LogP contribution is -2.13. The minimum absolute atomic E-state index is 0.374. The van der Waals surface area contributed by atoms with Crippen molar-refractivity contribution in [3.63, 3.8) is 0 Å². The average molecular weight is 734 g/mol. The van der Waals surface area contributed by atoms with Crippen LogP contribution < -0.4 is 0 Å². The highest BCUT2D eigenvalue weighted by Gasteiger charge is 2.26. The summed E-state index contributed by atoms with van der Waals surface area (Å²) in [7, 11) is 0. The minimum Gasteiger partial charge on any atom is -0.306 e. The van der Waals surface area contributed by atoms with Crippen molar-refractivity contribution in [2.24, 2.45) is 0 Å². The van der Waals surface area contributed by atoms with Crippen LogP contribution in [-0.4, -0.2) is 14.5 Å². The summed E-state index contributed by atoms with van der Waals surface area (Å²) in [4.78, 5) is 10.3. The number of pyridine rings is 1. The molecule has 0 N–H and O–H groups in total. The zero-order valence-electron chi connectivity index (χ0n) is 30.6. The number of fused-ring (bicyclic) bond motifs is 8. The second kappa shape index (κ2) is 12.5. The Balaban J connectivity index is 0.950. The predicted molar refractivity (Wildman–Crippen MR) is 235 cm³/mol. The number of benzene rings is 8. The maximum absolute atomic E-state index is 5.18. The first-order valence-corrected chi connectivity index (χ1v) is 20.4. The van der Waals surface area contributed by atoms with Gasteiger partial charge in [0.15, 0.2) is 0 Å². The SMILES string of the molecule is c1ccc(-c2nc(CCC3Cc4ccccc4-c4cc(-c5ccc6c(c5)sc5cccc7c5-n6c5cccc6cccc7c65)ccc43)nc3ccccc23)cc1. The molecule has 12 rings (SSSR count). The van der Waals surface area contributed by atoms with Crippen molar-refractivity contribution in [1.82, 2.24) is 14.5 Å². The number of rotatable bonds is 5. The lowest BCUT2D eigenvalue weighted by Gasteiger charge is -2.28. The Morgan fingerprint density at radius 1 is 0.554 bits per heavy atom. The molecule has 1 aliphatic carbocycles. The van der Waals surface area contributed by atoms with Gasteiger partial charge in [-0.3, -0.25) is 0 Å². The fraction of sp³-hybridized carbons (Fsp3) is 0.0769. The van der Waals surface area contributed by atoms with Crippen LogP contribution in [0.2, 0.25) is 0 Å². The molecule has 0 radical (unpaired) electrons. The van der Waals surface area contributed by atoms with E-state index in [9.17, 15) is 0 Å². The van der Waals surface area contributed by atoms with Crippen LogP contribution in [-0.2, 0) is 12.8 Å². The predicted octanol–water partition coefficient (Wildman–Crippen LogP) is 13.8. The molecule has 4 heteroatoms. The van der Waals surface area contributed by atoms with Crippen molar-refractivity contribution in [2.75, 3.05) is 0 Å². The normalized spacial score (nSPS) is 14.0. The zero-order chi connectivity index (χ0) is 36.7. The van der Waals surface area contributed by atoms with Crippen molar-refractivity contribution in [3.8, 4) is 39.2 Å². The van der Waals surface area contributed by atoms with E-state index in [1.165, 1.54) is 81.0 Å². The fourth-order valence-electron chi connectivity index (χ4n) is 9.51. The Morgan fingerprint density at radius 3 is 2.27 bits per heavy atom. The smallest absolute Gasteiger partial charge is 0.129 e. The summed E-state index contributed by atoms with van der Waals surface area (Å²) in [6, 6.07) is 62.4. The van der Waals surface area contributed by atoms with Crippen molar-refractivity contribution in [2.45, 2.75) is 25.2 Å². The second-order valence-electron chi connectivity index (χ2n) is 15.2. The molecule has 1 unspecified atom stereocenters. The third-order valence-corrected chi connectivity index (χ3v) is 13.2. The maximum Gasteiger partial charge on any atom is 0.129 e. The molecule has 3 nitrogen and oxygen atoms in total. The van der Waals surface area contributed by atoms with Gasteiger partial charge in [-0.2, -0.15) is 0 Å². The van der Waals surface area contributed by atoms with E-state index in [2.05, 4.69) is 174 Å². The van der Waals surface area contributed by atoms with Gasteiger partial charge in [0, 0.05) is 28.1 Å². The van der Waals surface area contributed by atoms with Gasteiger partial charge >= 0.3 is 0 Å². The molecule has 0 spiro atoms. The van der Waals surface area contributed by atoms with E-state index < -0.39 is 0 Å². The Bertz CT molecular complexity index is 3290. The first-order valence-electron chi connectivity index (χ1n) is 19.6. The Morgan fingerprint density at radius 2 is 1.32 bits per heavy atom. The molecule has 0 saturated carbocycles. The van der Waals surface area contributed by atoms with Crippen molar-refractivity contribution in [1.29, 1.82) is 0 Å². The molecule has 0 bridgehead atoms. The number of aromatic nitrogens is 3. The Hall–Kier alpha value is -6.62. The molecule has 0 fully saturated rings. The van der Waals surface area contributed by atoms with Gasteiger partial charge < -0.3 is 4.57 Å². The van der Waals surface area contributed by atoms with Crippen LogP contribution in [0.4, 0.5) is 0 Å². The number of para-hydroxylation sites is 2. The first kappa shape index (κ1) is 31.7. The van der Waals surface area contributed by atoms with Crippen LogP contribution >= 0.6 is 11.3 Å². The van der Waals surface area contributed by atoms with Gasteiger partial charge in [0.1, 0.15) is 5.82 Å². The van der Waals surface area contributed by atoms with Crippen LogP contribution in [0.5, 0.6) is 0 Å². The van der Waals surface area contributed by atoms with Crippen molar-refractivity contribution in [3.05, 3.63) is 187 Å². The lowest BCUT2D eigenvalue weighted by atomic mass is 9.76. The van der Waals surface area contributed by atoms with E-state index in [4.69, 9.17) is 9.97 Å². The molecular formula is C52H35N3S. The second-order valence-corrected chi connectivity index (χ2v) is 16.3. The molecule has 56 heavy (non-hydrogen) atoms. The van der Waals surface area contributed by atoms with Crippen LogP contribution in [0.15, 0.2) is 170 Å². The first-order chi connectivity index (χ1) is 27.7. The summed E-state index contributed by atoms with van der Waals surface area (Å²) in [5.74, 6) is 1.28. The quantitative estimate of drug-likeness (QED) is 0.130. The van der Waals surface area contributed by atoms with Gasteiger partial charge in [-0.25, -0.2) is 9.97 Å². The standard InChI is InChI=1S/C52H35N3S/c1-2-11-33(12-3-1)51-42-17-6-7-20-44(42)53-49(54-51)28-25-37-29-36-13-4-5-16-38(36)43-30-34(23-26-39(37)43)35-24-27-45-48(31-35)56-47-22-10-19-41-40-18-8-14-32-15-9-21-46(50(32)40)55(45)52(41)47/h1-24,26-27,30-31,37H,25,28-29H2. The fourth-order valence-corrected chi connectivity index (χ4v) is 10.6. The zero-order valence-corrected chi connectivity index (χ0v) is 31.4. The number of hydrogen-bond donors (Lipinski definition) is 0. The molecule has 0 saturated heterocycles. The summed E-state index contributed by atoms with van der Waals surface area (Å²) < 4.78 is 5.09. The van der Waals surface area contributed by atoms with Gasteiger partial charge in [-0.15, -0.1) is 11.3 Å². The third kappa shape index (κ3) is 4.89. The van der Waals surface area contributed by atoms with E-state index in [-0.39, 0.29) is 0 Å². The van der Waals surface area contributed by atoms with Gasteiger partial charge in [0.2, 0.25) is 0 Å². The lowest BCUT2D eigenvalue weighted by molar-refractivity contribution is 0.604. The van der Waals surface area contributed by atoms with E-state index in [0.29, 0.717) is 5.92 Å².